The summed E-state index contributed by atoms with van der Waals surface area (Å²) in [6, 6.07) is 0.291. The molecule has 2 rings (SSSR count). The van der Waals surface area contributed by atoms with Gasteiger partial charge in [-0.2, -0.15) is 0 Å². The summed E-state index contributed by atoms with van der Waals surface area (Å²) in [5.74, 6) is 1.51. The number of hydrogen-bond donors (Lipinski definition) is 2. The molecule has 1 aliphatic rings. The molecule has 0 aromatic carbocycles. The van der Waals surface area contributed by atoms with E-state index in [1.807, 2.05) is 0 Å². The molecule has 1 aliphatic carbocycles. The number of hydrogen-bond acceptors (Lipinski definition) is 5. The first kappa shape index (κ1) is 13.8. The van der Waals surface area contributed by atoms with Gasteiger partial charge in [0.1, 0.15) is 5.82 Å². The van der Waals surface area contributed by atoms with Crippen LogP contribution in [0.2, 0.25) is 0 Å². The highest BCUT2D eigenvalue weighted by molar-refractivity contribution is 7.99. The molecule has 5 nitrogen and oxygen atoms in total. The van der Waals surface area contributed by atoms with Gasteiger partial charge in [0.2, 0.25) is 0 Å². The van der Waals surface area contributed by atoms with E-state index >= 15 is 0 Å². The van der Waals surface area contributed by atoms with Gasteiger partial charge in [-0.3, -0.25) is 0 Å². The first-order valence-electron chi connectivity index (χ1n) is 6.55. The summed E-state index contributed by atoms with van der Waals surface area (Å²) in [6.45, 7) is 4.59. The maximum Gasteiger partial charge on any atom is 0.191 e. The van der Waals surface area contributed by atoms with Crippen LogP contribution in [0.25, 0.3) is 0 Å². The summed E-state index contributed by atoms with van der Waals surface area (Å²) in [4.78, 5) is 0. The summed E-state index contributed by atoms with van der Waals surface area (Å²) in [6.07, 6.45) is 4.06. The van der Waals surface area contributed by atoms with Crippen LogP contribution in [0.4, 0.5) is 0 Å². The van der Waals surface area contributed by atoms with Gasteiger partial charge in [-0.1, -0.05) is 24.6 Å². The third-order valence-electron chi connectivity index (χ3n) is 3.44. The summed E-state index contributed by atoms with van der Waals surface area (Å²) in [7, 11) is 0. The molecule has 1 aromatic heterocycles. The van der Waals surface area contributed by atoms with Crippen molar-refractivity contribution in [2.75, 3.05) is 5.75 Å². The Bertz CT molecular complexity index is 399. The molecule has 102 valence electrons. The lowest BCUT2D eigenvalue weighted by Gasteiger charge is -2.21. The van der Waals surface area contributed by atoms with E-state index in [0.717, 1.165) is 36.7 Å². The van der Waals surface area contributed by atoms with Crippen LogP contribution in [0.5, 0.6) is 0 Å². The minimum atomic E-state index is -0.513. The Morgan fingerprint density at radius 2 is 2.06 bits per heavy atom. The van der Waals surface area contributed by atoms with Crippen LogP contribution in [0, 0.1) is 0 Å². The van der Waals surface area contributed by atoms with Crippen molar-refractivity contribution in [1.29, 1.82) is 0 Å². The van der Waals surface area contributed by atoms with Crippen molar-refractivity contribution >= 4 is 11.8 Å². The predicted molar refractivity (Wildman–Crippen MR) is 72.4 cm³/mol. The van der Waals surface area contributed by atoms with Crippen LogP contribution < -0.4 is 5.73 Å². The number of aromatic nitrogens is 3. The van der Waals surface area contributed by atoms with Crippen LogP contribution >= 0.6 is 11.8 Å². The second-order valence-corrected chi connectivity index (χ2v) is 6.23. The third kappa shape index (κ3) is 2.87. The fraction of sp³-hybridized carbons (Fsp3) is 0.833. The van der Waals surface area contributed by atoms with Crippen LogP contribution in [0.3, 0.4) is 0 Å². The molecule has 1 fully saturated rings. The fourth-order valence-electron chi connectivity index (χ4n) is 2.44. The minimum Gasteiger partial charge on any atom is -0.389 e. The van der Waals surface area contributed by atoms with Gasteiger partial charge in [0, 0.05) is 11.8 Å². The van der Waals surface area contributed by atoms with Gasteiger partial charge >= 0.3 is 0 Å². The van der Waals surface area contributed by atoms with Gasteiger partial charge in [-0.15, -0.1) is 10.2 Å². The highest BCUT2D eigenvalue weighted by Crippen LogP contribution is 2.34. The maximum atomic E-state index is 10.3. The predicted octanol–water partition coefficient (Wildman–Crippen LogP) is 1.71. The molecule has 0 aliphatic heterocycles. The molecule has 6 heteroatoms. The van der Waals surface area contributed by atoms with Crippen molar-refractivity contribution in [2.45, 2.75) is 62.9 Å². The first-order chi connectivity index (χ1) is 8.56. The largest absolute Gasteiger partial charge is 0.389 e. The zero-order valence-corrected chi connectivity index (χ0v) is 11.9. The molecule has 0 amide bonds. The molecule has 1 saturated carbocycles. The van der Waals surface area contributed by atoms with Gasteiger partial charge in [0.25, 0.3) is 0 Å². The van der Waals surface area contributed by atoms with Crippen LogP contribution in [-0.2, 0) is 6.54 Å². The Hall–Kier alpha value is -0.590. The van der Waals surface area contributed by atoms with Gasteiger partial charge in [-0.25, -0.2) is 0 Å². The Labute approximate surface area is 112 Å². The lowest BCUT2D eigenvalue weighted by Crippen LogP contribution is -2.27. The third-order valence-corrected chi connectivity index (χ3v) is 4.66. The summed E-state index contributed by atoms with van der Waals surface area (Å²) >= 11 is 1.59. The Morgan fingerprint density at radius 3 is 2.61 bits per heavy atom. The molecule has 1 heterocycles. The average molecular weight is 270 g/mol. The molecule has 0 radical (unpaired) electrons. The Kier molecular flexibility index (Phi) is 4.29. The zero-order valence-electron chi connectivity index (χ0n) is 11.1. The van der Waals surface area contributed by atoms with Gasteiger partial charge in [0.05, 0.1) is 12.1 Å². The number of aliphatic hydroxyl groups is 1. The van der Waals surface area contributed by atoms with Crippen LogP contribution in [0.1, 0.15) is 51.4 Å². The molecule has 0 spiro atoms. The van der Waals surface area contributed by atoms with E-state index in [2.05, 4.69) is 28.6 Å². The van der Waals surface area contributed by atoms with Crippen molar-refractivity contribution < 1.29 is 5.11 Å². The van der Waals surface area contributed by atoms with Crippen LogP contribution in [-0.4, -0.2) is 31.2 Å². The average Bonchev–Trinajstić information content (AvgIpc) is 2.92. The molecular weight excluding hydrogens is 248 g/mol. The summed E-state index contributed by atoms with van der Waals surface area (Å²) in [5.41, 5.74) is 5.15. The van der Waals surface area contributed by atoms with Crippen LogP contribution in [0.15, 0.2) is 5.16 Å². The van der Waals surface area contributed by atoms with Crippen molar-refractivity contribution in [3.8, 4) is 0 Å². The topological polar surface area (TPSA) is 77.0 Å². The van der Waals surface area contributed by atoms with Crippen molar-refractivity contribution in [2.24, 2.45) is 5.73 Å². The van der Waals surface area contributed by atoms with E-state index in [4.69, 9.17) is 5.73 Å². The summed E-state index contributed by atoms with van der Waals surface area (Å²) in [5, 5.41) is 19.5. The smallest absolute Gasteiger partial charge is 0.191 e. The SMILES string of the molecule is CC(C)n1c(CN)nnc1SCC1(O)CCCC1. The molecule has 0 unspecified atom stereocenters. The molecule has 0 bridgehead atoms. The van der Waals surface area contributed by atoms with Gasteiger partial charge < -0.3 is 15.4 Å². The molecule has 3 N–H and O–H groups in total. The van der Waals surface area contributed by atoms with Crippen molar-refractivity contribution in [1.82, 2.24) is 14.8 Å². The molecule has 0 atom stereocenters. The second kappa shape index (κ2) is 5.59. The second-order valence-electron chi connectivity index (χ2n) is 5.29. The highest BCUT2D eigenvalue weighted by atomic mass is 32.2. The quantitative estimate of drug-likeness (QED) is 0.797. The Morgan fingerprint density at radius 1 is 1.39 bits per heavy atom. The first-order valence-corrected chi connectivity index (χ1v) is 7.53. The lowest BCUT2D eigenvalue weighted by atomic mass is 10.1. The molecule has 18 heavy (non-hydrogen) atoms. The number of nitrogens with two attached hydrogens (primary N) is 1. The monoisotopic (exact) mass is 270 g/mol. The summed E-state index contributed by atoms with van der Waals surface area (Å²) < 4.78 is 2.06. The van der Waals surface area contributed by atoms with E-state index in [0.29, 0.717) is 18.3 Å². The normalized spacial score (nSPS) is 18.7. The molecular formula is C12H22N4OS. The molecule has 1 aromatic rings. The Balaban J connectivity index is 2.07. The number of thioether (sulfide) groups is 1. The van der Waals surface area contributed by atoms with E-state index < -0.39 is 5.60 Å². The van der Waals surface area contributed by atoms with Gasteiger partial charge in [0.15, 0.2) is 5.16 Å². The maximum absolute atomic E-state index is 10.3. The van der Waals surface area contributed by atoms with Crippen molar-refractivity contribution in [3.63, 3.8) is 0 Å². The highest BCUT2D eigenvalue weighted by Gasteiger charge is 2.31. The van der Waals surface area contributed by atoms with E-state index in [1.54, 1.807) is 11.8 Å². The lowest BCUT2D eigenvalue weighted by molar-refractivity contribution is 0.0731. The van der Waals surface area contributed by atoms with E-state index in [9.17, 15) is 5.11 Å². The fourth-order valence-corrected chi connectivity index (χ4v) is 3.68. The van der Waals surface area contributed by atoms with E-state index in [1.165, 1.54) is 0 Å². The van der Waals surface area contributed by atoms with Gasteiger partial charge in [-0.05, 0) is 26.7 Å². The number of nitrogens with zero attached hydrogens (tertiary/aromatic N) is 3. The molecule has 0 saturated heterocycles. The van der Waals surface area contributed by atoms with E-state index in [-0.39, 0.29) is 0 Å². The minimum absolute atomic E-state index is 0.291. The number of rotatable bonds is 5. The zero-order chi connectivity index (χ0) is 13.2. The van der Waals surface area contributed by atoms with Crippen molar-refractivity contribution in [3.05, 3.63) is 5.82 Å². The standard InChI is InChI=1S/C12H22N4OS/c1-9(2)16-10(7-13)14-15-11(16)18-8-12(17)5-3-4-6-12/h9,17H,3-8,13H2,1-2H3.